The van der Waals surface area contributed by atoms with Crippen molar-refractivity contribution in [2.24, 2.45) is 0 Å². The van der Waals surface area contributed by atoms with Crippen LogP contribution in [0.25, 0.3) is 11.5 Å². The highest BCUT2D eigenvalue weighted by molar-refractivity contribution is 5.93. The molecule has 0 fully saturated rings. The third-order valence-corrected chi connectivity index (χ3v) is 4.34. The zero-order valence-corrected chi connectivity index (χ0v) is 16.7. The number of aromatic nitrogens is 2. The van der Waals surface area contributed by atoms with Gasteiger partial charge in [0.1, 0.15) is 5.75 Å². The van der Waals surface area contributed by atoms with Crippen LogP contribution in [0.2, 0.25) is 0 Å². The van der Waals surface area contributed by atoms with E-state index in [1.807, 2.05) is 45.0 Å². The van der Waals surface area contributed by atoms with E-state index >= 15 is 0 Å². The number of aryl methyl sites for hydroxylation is 4. The first kappa shape index (κ1) is 19.6. The van der Waals surface area contributed by atoms with E-state index in [1.54, 1.807) is 12.1 Å². The Morgan fingerprint density at radius 1 is 1.07 bits per heavy atom. The highest BCUT2D eigenvalue weighted by Crippen LogP contribution is 2.23. The van der Waals surface area contributed by atoms with Crippen LogP contribution in [-0.4, -0.2) is 22.7 Å². The largest absolute Gasteiger partial charge is 0.484 e. The molecule has 3 rings (SSSR count). The summed E-state index contributed by atoms with van der Waals surface area (Å²) < 4.78 is 11.2. The van der Waals surface area contributed by atoms with Gasteiger partial charge in [-0.15, -0.1) is 10.2 Å². The number of hydrogen-bond donors (Lipinski definition) is 1. The van der Waals surface area contributed by atoms with Crippen molar-refractivity contribution in [2.75, 3.05) is 11.9 Å². The molecule has 0 radical (unpaired) electrons. The van der Waals surface area contributed by atoms with Crippen molar-refractivity contribution in [3.05, 3.63) is 59.0 Å². The highest BCUT2D eigenvalue weighted by atomic mass is 16.5. The van der Waals surface area contributed by atoms with Gasteiger partial charge >= 0.3 is 0 Å². The van der Waals surface area contributed by atoms with E-state index in [0.29, 0.717) is 17.5 Å². The Balaban J connectivity index is 1.58. The lowest BCUT2D eigenvalue weighted by atomic mass is 10.1. The molecule has 0 saturated carbocycles. The van der Waals surface area contributed by atoms with Crippen LogP contribution in [-0.2, 0) is 11.2 Å². The quantitative estimate of drug-likeness (QED) is 0.647. The number of rotatable bonds is 7. The van der Waals surface area contributed by atoms with E-state index in [1.165, 1.54) is 5.56 Å². The fourth-order valence-electron chi connectivity index (χ4n) is 3.08. The molecule has 0 spiro atoms. The molecule has 0 unspecified atom stereocenters. The number of anilines is 1. The normalized spacial score (nSPS) is 10.7. The Hall–Kier alpha value is -3.15. The van der Waals surface area contributed by atoms with E-state index in [4.69, 9.17) is 9.15 Å². The Labute approximate surface area is 164 Å². The van der Waals surface area contributed by atoms with Gasteiger partial charge in [0.25, 0.3) is 5.91 Å². The van der Waals surface area contributed by atoms with Crippen LogP contribution >= 0.6 is 0 Å². The Morgan fingerprint density at radius 3 is 2.39 bits per heavy atom. The van der Waals surface area contributed by atoms with Gasteiger partial charge in [-0.3, -0.25) is 4.79 Å². The predicted octanol–water partition coefficient (Wildman–Crippen LogP) is 4.63. The summed E-state index contributed by atoms with van der Waals surface area (Å²) in [6, 6.07) is 11.3. The number of carbonyl (C=O) groups excluding carboxylic acids is 1. The first-order chi connectivity index (χ1) is 13.5. The maximum absolute atomic E-state index is 12.3. The summed E-state index contributed by atoms with van der Waals surface area (Å²) in [5.74, 6) is 1.53. The SMILES string of the molecule is CCCc1nnc(-c2ccc(OCC(=O)Nc3c(C)cc(C)cc3C)cc2)o1. The standard InChI is InChI=1S/C22H25N3O3/c1-5-6-20-24-25-22(28-20)17-7-9-18(10-8-17)27-13-19(26)23-21-15(3)11-14(2)12-16(21)4/h7-12H,5-6,13H2,1-4H3,(H,23,26). The maximum Gasteiger partial charge on any atom is 0.262 e. The molecule has 3 aromatic rings. The van der Waals surface area contributed by atoms with E-state index in [2.05, 4.69) is 22.4 Å². The minimum absolute atomic E-state index is 0.0622. The Bertz CT molecular complexity index is 938. The van der Waals surface area contributed by atoms with Crippen molar-refractivity contribution in [2.45, 2.75) is 40.5 Å². The molecule has 0 saturated heterocycles. The lowest BCUT2D eigenvalue weighted by Crippen LogP contribution is -2.21. The maximum atomic E-state index is 12.3. The molecular formula is C22H25N3O3. The number of benzene rings is 2. The van der Waals surface area contributed by atoms with Gasteiger partial charge in [-0.25, -0.2) is 0 Å². The Morgan fingerprint density at radius 2 is 1.75 bits per heavy atom. The molecule has 1 amide bonds. The van der Waals surface area contributed by atoms with Crippen molar-refractivity contribution < 1.29 is 13.9 Å². The summed E-state index contributed by atoms with van der Waals surface area (Å²) in [6.45, 7) is 8.01. The molecule has 6 nitrogen and oxygen atoms in total. The number of ether oxygens (including phenoxy) is 1. The van der Waals surface area contributed by atoms with Crippen molar-refractivity contribution >= 4 is 11.6 Å². The smallest absolute Gasteiger partial charge is 0.262 e. The van der Waals surface area contributed by atoms with E-state index in [9.17, 15) is 4.79 Å². The van der Waals surface area contributed by atoms with Crippen LogP contribution in [0.3, 0.4) is 0 Å². The van der Waals surface area contributed by atoms with Gasteiger partial charge in [-0.1, -0.05) is 24.6 Å². The highest BCUT2D eigenvalue weighted by Gasteiger charge is 2.11. The summed E-state index contributed by atoms with van der Waals surface area (Å²) in [6.07, 6.45) is 1.72. The number of amides is 1. The van der Waals surface area contributed by atoms with Crippen molar-refractivity contribution in [1.82, 2.24) is 10.2 Å². The molecule has 0 aliphatic heterocycles. The molecule has 2 aromatic carbocycles. The molecular weight excluding hydrogens is 354 g/mol. The summed E-state index contributed by atoms with van der Waals surface area (Å²) in [4.78, 5) is 12.3. The molecule has 0 bridgehead atoms. The third-order valence-electron chi connectivity index (χ3n) is 4.34. The first-order valence-electron chi connectivity index (χ1n) is 9.39. The summed E-state index contributed by atoms with van der Waals surface area (Å²) in [5, 5.41) is 11.0. The molecule has 1 aromatic heterocycles. The third kappa shape index (κ3) is 4.76. The number of nitrogens with zero attached hydrogens (tertiary/aromatic N) is 2. The fraction of sp³-hybridized carbons (Fsp3) is 0.318. The fourth-order valence-corrected chi connectivity index (χ4v) is 3.08. The molecule has 0 atom stereocenters. The van der Waals surface area contributed by atoms with Crippen LogP contribution in [0.4, 0.5) is 5.69 Å². The average molecular weight is 379 g/mol. The number of carbonyl (C=O) groups is 1. The number of nitrogens with one attached hydrogen (secondary N) is 1. The first-order valence-corrected chi connectivity index (χ1v) is 9.39. The van der Waals surface area contributed by atoms with Crippen LogP contribution in [0.5, 0.6) is 5.75 Å². The van der Waals surface area contributed by atoms with Gasteiger partial charge in [0.2, 0.25) is 11.8 Å². The second-order valence-corrected chi connectivity index (χ2v) is 6.89. The van der Waals surface area contributed by atoms with E-state index < -0.39 is 0 Å². The molecule has 0 aliphatic carbocycles. The van der Waals surface area contributed by atoms with Gasteiger partial charge < -0.3 is 14.5 Å². The van der Waals surface area contributed by atoms with E-state index in [-0.39, 0.29) is 12.5 Å². The van der Waals surface area contributed by atoms with Gasteiger partial charge in [0.05, 0.1) is 0 Å². The summed E-state index contributed by atoms with van der Waals surface area (Å²) in [5.41, 5.74) is 4.91. The van der Waals surface area contributed by atoms with Gasteiger partial charge in [0, 0.05) is 17.7 Å². The second kappa shape index (κ2) is 8.69. The van der Waals surface area contributed by atoms with Crippen LogP contribution in [0.1, 0.15) is 35.9 Å². The van der Waals surface area contributed by atoms with Gasteiger partial charge in [0.15, 0.2) is 6.61 Å². The minimum Gasteiger partial charge on any atom is -0.484 e. The van der Waals surface area contributed by atoms with Gasteiger partial charge in [-0.05, 0) is 62.6 Å². The zero-order valence-electron chi connectivity index (χ0n) is 16.7. The van der Waals surface area contributed by atoms with Crippen LogP contribution < -0.4 is 10.1 Å². The summed E-state index contributed by atoms with van der Waals surface area (Å²) in [7, 11) is 0. The van der Waals surface area contributed by atoms with E-state index in [0.717, 1.165) is 35.2 Å². The predicted molar refractivity (Wildman–Crippen MR) is 109 cm³/mol. The molecule has 0 aliphatic rings. The molecule has 146 valence electrons. The zero-order chi connectivity index (χ0) is 20.1. The average Bonchev–Trinajstić information content (AvgIpc) is 3.12. The molecule has 6 heteroatoms. The van der Waals surface area contributed by atoms with Gasteiger partial charge in [-0.2, -0.15) is 0 Å². The summed E-state index contributed by atoms with van der Waals surface area (Å²) >= 11 is 0. The van der Waals surface area contributed by atoms with Crippen molar-refractivity contribution in [1.29, 1.82) is 0 Å². The monoisotopic (exact) mass is 379 g/mol. The molecule has 28 heavy (non-hydrogen) atoms. The molecule has 1 heterocycles. The number of hydrogen-bond acceptors (Lipinski definition) is 5. The topological polar surface area (TPSA) is 77.2 Å². The Kier molecular flexibility index (Phi) is 6.09. The minimum atomic E-state index is -0.194. The van der Waals surface area contributed by atoms with Crippen LogP contribution in [0.15, 0.2) is 40.8 Å². The lowest BCUT2D eigenvalue weighted by Gasteiger charge is -2.13. The molecule has 1 N–H and O–H groups in total. The lowest BCUT2D eigenvalue weighted by molar-refractivity contribution is -0.118. The van der Waals surface area contributed by atoms with Crippen molar-refractivity contribution in [3.8, 4) is 17.2 Å². The second-order valence-electron chi connectivity index (χ2n) is 6.89. The van der Waals surface area contributed by atoms with Crippen molar-refractivity contribution in [3.63, 3.8) is 0 Å². The van der Waals surface area contributed by atoms with Crippen LogP contribution in [0, 0.1) is 20.8 Å².